The van der Waals surface area contributed by atoms with Crippen LogP contribution in [0, 0.1) is 11.8 Å². The highest BCUT2D eigenvalue weighted by Crippen LogP contribution is 2.46. The monoisotopic (exact) mass is 308 g/mol. The van der Waals surface area contributed by atoms with E-state index in [2.05, 4.69) is 73.3 Å². The summed E-state index contributed by atoms with van der Waals surface area (Å²) in [5.41, 5.74) is 2.66. The van der Waals surface area contributed by atoms with Crippen molar-refractivity contribution >= 4 is 22.6 Å². The van der Waals surface area contributed by atoms with E-state index in [0.717, 1.165) is 11.7 Å². The molecule has 2 nitrogen and oxygen atoms in total. The van der Waals surface area contributed by atoms with Gasteiger partial charge in [0.15, 0.2) is 5.17 Å². The van der Waals surface area contributed by atoms with Crippen molar-refractivity contribution in [3.8, 4) is 0 Å². The van der Waals surface area contributed by atoms with Gasteiger partial charge in [0.1, 0.15) is 0 Å². The van der Waals surface area contributed by atoms with Crippen LogP contribution in [0.3, 0.4) is 0 Å². The van der Waals surface area contributed by atoms with Crippen molar-refractivity contribution in [2.75, 3.05) is 11.4 Å². The molecule has 0 amide bonds. The van der Waals surface area contributed by atoms with E-state index in [1.165, 1.54) is 16.1 Å². The van der Waals surface area contributed by atoms with Crippen LogP contribution in [0.25, 0.3) is 0 Å². The van der Waals surface area contributed by atoms with Crippen molar-refractivity contribution in [1.29, 1.82) is 0 Å². The van der Waals surface area contributed by atoms with Crippen LogP contribution in [-0.2, 0) is 0 Å². The molecule has 0 radical (unpaired) electrons. The maximum Gasteiger partial charge on any atom is 0.169 e. The Balaban J connectivity index is 1.77. The first-order valence-electron chi connectivity index (χ1n) is 7.91. The molecule has 2 unspecified atom stereocenters. The molecule has 0 bridgehead atoms. The molecule has 0 N–H and O–H groups in total. The van der Waals surface area contributed by atoms with E-state index in [1.807, 2.05) is 11.8 Å². The van der Waals surface area contributed by atoms with E-state index >= 15 is 0 Å². The number of hydrogen-bond acceptors (Lipinski definition) is 3. The lowest BCUT2D eigenvalue weighted by Gasteiger charge is -2.37. The summed E-state index contributed by atoms with van der Waals surface area (Å²) in [6.45, 7) is 5.69. The third-order valence-corrected chi connectivity index (χ3v) is 5.71. The molecule has 2 heterocycles. The Morgan fingerprint density at radius 3 is 2.55 bits per heavy atom. The zero-order valence-electron chi connectivity index (χ0n) is 12.9. The molecule has 2 aromatic carbocycles. The van der Waals surface area contributed by atoms with E-state index in [1.54, 1.807) is 0 Å². The van der Waals surface area contributed by atoms with Gasteiger partial charge in [-0.05, 0) is 35.4 Å². The molecule has 0 fully saturated rings. The number of amidine groups is 1. The zero-order valence-corrected chi connectivity index (χ0v) is 13.8. The van der Waals surface area contributed by atoms with Gasteiger partial charge in [0, 0.05) is 17.4 Å². The summed E-state index contributed by atoms with van der Waals surface area (Å²) in [5.74, 6) is 1.14. The maximum atomic E-state index is 5.14. The number of fused-ring (bicyclic) bond motifs is 3. The van der Waals surface area contributed by atoms with Crippen molar-refractivity contribution < 1.29 is 0 Å². The third-order valence-electron chi connectivity index (χ3n) is 4.63. The van der Waals surface area contributed by atoms with Gasteiger partial charge in [0.2, 0.25) is 0 Å². The van der Waals surface area contributed by atoms with Gasteiger partial charge < -0.3 is 4.90 Å². The minimum absolute atomic E-state index is 0.272. The van der Waals surface area contributed by atoms with Gasteiger partial charge in [-0.3, -0.25) is 4.99 Å². The molecule has 2 aromatic rings. The van der Waals surface area contributed by atoms with Gasteiger partial charge in [0.25, 0.3) is 0 Å². The van der Waals surface area contributed by atoms with Crippen molar-refractivity contribution in [2.45, 2.75) is 24.8 Å². The Hall–Kier alpha value is -1.74. The molecule has 3 heteroatoms. The Morgan fingerprint density at radius 1 is 1.05 bits per heavy atom. The molecule has 2 aliphatic heterocycles. The second kappa shape index (κ2) is 5.47. The number of benzene rings is 2. The lowest BCUT2D eigenvalue weighted by atomic mass is 9.83. The average molecular weight is 308 g/mol. The van der Waals surface area contributed by atoms with Crippen LogP contribution in [0.5, 0.6) is 0 Å². The van der Waals surface area contributed by atoms with E-state index in [4.69, 9.17) is 4.99 Å². The third kappa shape index (κ3) is 2.24. The molecule has 2 aliphatic rings. The van der Waals surface area contributed by atoms with Gasteiger partial charge in [-0.25, -0.2) is 0 Å². The molecule has 0 aliphatic carbocycles. The molecule has 22 heavy (non-hydrogen) atoms. The first-order chi connectivity index (χ1) is 10.7. The number of aliphatic imine (C=N–C) groups is 1. The second-order valence-corrected chi connectivity index (χ2v) is 7.36. The van der Waals surface area contributed by atoms with Gasteiger partial charge in [0.05, 0.1) is 11.7 Å². The van der Waals surface area contributed by atoms with Gasteiger partial charge in [-0.2, -0.15) is 0 Å². The van der Waals surface area contributed by atoms with Crippen LogP contribution < -0.4 is 4.90 Å². The minimum atomic E-state index is 0.272. The Kier molecular flexibility index (Phi) is 3.45. The average Bonchev–Trinajstić information content (AvgIpc) is 2.92. The number of nitrogens with zero attached hydrogens (tertiary/aromatic N) is 2. The first kappa shape index (κ1) is 13.9. The predicted molar refractivity (Wildman–Crippen MR) is 94.6 cm³/mol. The summed E-state index contributed by atoms with van der Waals surface area (Å²) in [6, 6.07) is 19.7. The topological polar surface area (TPSA) is 15.6 Å². The SMILES string of the molecule is CC(C)C1CN2C(=NC1c1ccccc1)Sc1ccccc12. The second-order valence-electron chi connectivity index (χ2n) is 6.36. The fourth-order valence-electron chi connectivity index (χ4n) is 3.37. The number of rotatable bonds is 2. The summed E-state index contributed by atoms with van der Waals surface area (Å²) in [6.07, 6.45) is 0. The van der Waals surface area contributed by atoms with Crippen molar-refractivity contribution in [1.82, 2.24) is 0 Å². The molecule has 0 aromatic heterocycles. The van der Waals surface area contributed by atoms with Crippen LogP contribution in [0.2, 0.25) is 0 Å². The lowest BCUT2D eigenvalue weighted by molar-refractivity contribution is 0.324. The van der Waals surface area contributed by atoms with Crippen molar-refractivity contribution in [3.05, 3.63) is 60.2 Å². The molecule has 4 rings (SSSR count). The van der Waals surface area contributed by atoms with E-state index < -0.39 is 0 Å². The molecule has 0 spiro atoms. The molecular weight excluding hydrogens is 288 g/mol. The van der Waals surface area contributed by atoms with Crippen molar-refractivity contribution in [3.63, 3.8) is 0 Å². The summed E-state index contributed by atoms with van der Waals surface area (Å²) in [5, 5.41) is 1.16. The van der Waals surface area contributed by atoms with E-state index in [9.17, 15) is 0 Å². The Morgan fingerprint density at radius 2 is 1.77 bits per heavy atom. The van der Waals surface area contributed by atoms with Crippen LogP contribution in [0.1, 0.15) is 25.5 Å². The summed E-state index contributed by atoms with van der Waals surface area (Å²) < 4.78 is 0. The summed E-state index contributed by atoms with van der Waals surface area (Å²) in [4.78, 5) is 8.87. The number of thioether (sulfide) groups is 1. The highest BCUT2D eigenvalue weighted by Gasteiger charge is 2.38. The van der Waals surface area contributed by atoms with Gasteiger partial charge in [-0.15, -0.1) is 0 Å². The number of hydrogen-bond donors (Lipinski definition) is 0. The molecular formula is C19H20N2S. The van der Waals surface area contributed by atoms with Crippen molar-refractivity contribution in [2.24, 2.45) is 16.8 Å². The summed E-state index contributed by atoms with van der Waals surface area (Å²) >= 11 is 1.81. The maximum absolute atomic E-state index is 5.14. The zero-order chi connectivity index (χ0) is 15.1. The number of para-hydroxylation sites is 1. The molecule has 0 saturated carbocycles. The Labute approximate surface area is 136 Å². The van der Waals surface area contributed by atoms with Gasteiger partial charge >= 0.3 is 0 Å². The molecule has 0 saturated heterocycles. The van der Waals surface area contributed by atoms with Crippen LogP contribution >= 0.6 is 11.8 Å². The lowest BCUT2D eigenvalue weighted by Crippen LogP contribution is -2.40. The normalized spacial score (nSPS) is 23.2. The summed E-state index contributed by atoms with van der Waals surface area (Å²) in [7, 11) is 0. The number of anilines is 1. The fourth-order valence-corrected chi connectivity index (χ4v) is 4.44. The Bertz CT molecular complexity index is 708. The van der Waals surface area contributed by atoms with Crippen LogP contribution in [-0.4, -0.2) is 11.7 Å². The van der Waals surface area contributed by atoms with Crippen LogP contribution in [0.15, 0.2) is 64.5 Å². The highest BCUT2D eigenvalue weighted by molar-refractivity contribution is 8.14. The first-order valence-corrected chi connectivity index (χ1v) is 8.73. The van der Waals surface area contributed by atoms with Crippen LogP contribution in [0.4, 0.5) is 5.69 Å². The minimum Gasteiger partial charge on any atom is -0.319 e. The molecule has 2 atom stereocenters. The fraction of sp³-hybridized carbons (Fsp3) is 0.316. The molecule has 112 valence electrons. The van der Waals surface area contributed by atoms with E-state index in [0.29, 0.717) is 11.8 Å². The predicted octanol–water partition coefficient (Wildman–Crippen LogP) is 4.98. The van der Waals surface area contributed by atoms with Gasteiger partial charge in [-0.1, -0.05) is 56.3 Å². The quantitative estimate of drug-likeness (QED) is 0.777. The highest BCUT2D eigenvalue weighted by atomic mass is 32.2. The van der Waals surface area contributed by atoms with E-state index in [-0.39, 0.29) is 6.04 Å². The largest absolute Gasteiger partial charge is 0.319 e. The smallest absolute Gasteiger partial charge is 0.169 e. The standard InChI is InChI=1S/C19H20N2S/c1-13(2)15-12-21-16-10-6-7-11-17(16)22-19(21)20-18(15)14-8-4-3-5-9-14/h3-11,13,15,18H,12H2,1-2H3.